The molecular formula is C29H58O2. The van der Waals surface area contributed by atoms with Gasteiger partial charge in [0, 0.05) is 6.42 Å². The highest BCUT2D eigenvalue weighted by Gasteiger charge is 2.03. The van der Waals surface area contributed by atoms with E-state index in [2.05, 4.69) is 20.8 Å². The Morgan fingerprint density at radius 2 is 0.935 bits per heavy atom. The van der Waals surface area contributed by atoms with Crippen LogP contribution in [-0.2, 0) is 9.53 Å². The van der Waals surface area contributed by atoms with Gasteiger partial charge in [-0.2, -0.15) is 0 Å². The Morgan fingerprint density at radius 3 is 1.32 bits per heavy atom. The highest BCUT2D eigenvalue weighted by molar-refractivity contribution is 5.69. The van der Waals surface area contributed by atoms with Crippen molar-refractivity contribution >= 4 is 5.97 Å². The smallest absolute Gasteiger partial charge is 0.305 e. The summed E-state index contributed by atoms with van der Waals surface area (Å²) in [5.41, 5.74) is 0. The molecule has 2 heteroatoms. The monoisotopic (exact) mass is 438 g/mol. The predicted molar refractivity (Wildman–Crippen MR) is 138 cm³/mol. The highest BCUT2D eigenvalue weighted by Crippen LogP contribution is 2.15. The lowest BCUT2D eigenvalue weighted by molar-refractivity contribution is -0.143. The number of hydrogen-bond acceptors (Lipinski definition) is 2. The molecular weight excluding hydrogens is 380 g/mol. The molecule has 0 N–H and O–H groups in total. The molecule has 0 spiro atoms. The molecule has 0 atom stereocenters. The van der Waals surface area contributed by atoms with Gasteiger partial charge in [-0.05, 0) is 25.2 Å². The Labute approximate surface area is 196 Å². The van der Waals surface area contributed by atoms with Gasteiger partial charge in [-0.1, -0.05) is 143 Å². The second kappa shape index (κ2) is 25.7. The lowest BCUT2D eigenvalue weighted by Gasteiger charge is -2.06. The molecule has 31 heavy (non-hydrogen) atoms. The minimum absolute atomic E-state index is 0.0107. The minimum Gasteiger partial charge on any atom is -0.466 e. The molecule has 0 aromatic carbocycles. The summed E-state index contributed by atoms with van der Waals surface area (Å²) < 4.78 is 5.32. The zero-order valence-corrected chi connectivity index (χ0v) is 21.9. The summed E-state index contributed by atoms with van der Waals surface area (Å²) in [6.07, 6.45) is 30.3. The van der Waals surface area contributed by atoms with Crippen LogP contribution >= 0.6 is 0 Å². The maximum atomic E-state index is 11.7. The molecule has 0 saturated carbocycles. The van der Waals surface area contributed by atoms with Crippen LogP contribution in [0.2, 0.25) is 0 Å². The van der Waals surface area contributed by atoms with E-state index in [1.165, 1.54) is 128 Å². The van der Waals surface area contributed by atoms with Crippen molar-refractivity contribution < 1.29 is 9.53 Å². The van der Waals surface area contributed by atoms with Gasteiger partial charge in [0.05, 0.1) is 6.61 Å². The molecule has 0 aliphatic heterocycles. The normalized spacial score (nSPS) is 11.4. The van der Waals surface area contributed by atoms with Crippen molar-refractivity contribution in [2.24, 2.45) is 5.92 Å². The highest BCUT2D eigenvalue weighted by atomic mass is 16.5. The number of carbonyl (C=O) groups is 1. The van der Waals surface area contributed by atoms with E-state index in [1.54, 1.807) is 0 Å². The topological polar surface area (TPSA) is 26.3 Å². The lowest BCUT2D eigenvalue weighted by Crippen LogP contribution is -2.05. The Bertz CT molecular complexity index is 351. The largest absolute Gasteiger partial charge is 0.466 e. The third kappa shape index (κ3) is 27.4. The van der Waals surface area contributed by atoms with Crippen LogP contribution in [-0.4, -0.2) is 12.6 Å². The molecule has 0 heterocycles. The van der Waals surface area contributed by atoms with Gasteiger partial charge >= 0.3 is 5.97 Å². The zero-order chi connectivity index (χ0) is 22.8. The third-order valence-corrected chi connectivity index (χ3v) is 6.42. The Balaban J connectivity index is 3.11. The zero-order valence-electron chi connectivity index (χ0n) is 21.9. The molecule has 186 valence electrons. The molecule has 0 amide bonds. The average molecular weight is 439 g/mol. The Kier molecular flexibility index (Phi) is 25.3. The van der Waals surface area contributed by atoms with E-state index in [1.807, 2.05) is 0 Å². The van der Waals surface area contributed by atoms with E-state index in [4.69, 9.17) is 4.74 Å². The summed E-state index contributed by atoms with van der Waals surface area (Å²) in [5, 5.41) is 0. The van der Waals surface area contributed by atoms with Gasteiger partial charge < -0.3 is 4.74 Å². The Morgan fingerprint density at radius 1 is 0.548 bits per heavy atom. The van der Waals surface area contributed by atoms with Gasteiger partial charge in [0.2, 0.25) is 0 Å². The van der Waals surface area contributed by atoms with Crippen LogP contribution in [0.15, 0.2) is 0 Å². The molecule has 0 fully saturated rings. The second-order valence-electron chi connectivity index (χ2n) is 10.2. The van der Waals surface area contributed by atoms with Crippen molar-refractivity contribution in [3.8, 4) is 0 Å². The second-order valence-corrected chi connectivity index (χ2v) is 10.2. The molecule has 0 aliphatic carbocycles. The summed E-state index contributed by atoms with van der Waals surface area (Å²) in [7, 11) is 0. The molecule has 0 radical (unpaired) electrons. The van der Waals surface area contributed by atoms with Crippen LogP contribution in [0.1, 0.15) is 168 Å². The first-order chi connectivity index (χ1) is 15.2. The molecule has 0 aromatic heterocycles. The van der Waals surface area contributed by atoms with Crippen LogP contribution in [0.25, 0.3) is 0 Å². The third-order valence-electron chi connectivity index (χ3n) is 6.42. The summed E-state index contributed by atoms with van der Waals surface area (Å²) >= 11 is 0. The van der Waals surface area contributed by atoms with Crippen molar-refractivity contribution in [1.82, 2.24) is 0 Å². The molecule has 0 aromatic rings. The van der Waals surface area contributed by atoms with Gasteiger partial charge in [-0.25, -0.2) is 0 Å². The van der Waals surface area contributed by atoms with E-state index >= 15 is 0 Å². The number of esters is 1. The van der Waals surface area contributed by atoms with Gasteiger partial charge in [0.15, 0.2) is 0 Å². The first kappa shape index (κ1) is 30.5. The Hall–Kier alpha value is -0.530. The summed E-state index contributed by atoms with van der Waals surface area (Å²) in [6.45, 7) is 7.39. The summed E-state index contributed by atoms with van der Waals surface area (Å²) in [6, 6.07) is 0. The van der Waals surface area contributed by atoms with Crippen LogP contribution in [0.4, 0.5) is 0 Å². The van der Waals surface area contributed by atoms with E-state index in [-0.39, 0.29) is 5.97 Å². The van der Waals surface area contributed by atoms with E-state index < -0.39 is 0 Å². The van der Waals surface area contributed by atoms with Gasteiger partial charge in [-0.3, -0.25) is 4.79 Å². The maximum Gasteiger partial charge on any atom is 0.305 e. The fourth-order valence-electron chi connectivity index (χ4n) is 4.26. The number of carbonyl (C=O) groups excluding carboxylic acids is 1. The predicted octanol–water partition coefficient (Wildman–Crippen LogP) is 10.2. The number of unbranched alkanes of at least 4 members (excludes halogenated alkanes) is 19. The van der Waals surface area contributed by atoms with Crippen molar-refractivity contribution in [2.45, 2.75) is 168 Å². The summed E-state index contributed by atoms with van der Waals surface area (Å²) in [5.74, 6) is 0.761. The number of ether oxygens (including phenoxy) is 1. The minimum atomic E-state index is 0.0107. The first-order valence-corrected chi connectivity index (χ1v) is 14.3. The average Bonchev–Trinajstić information content (AvgIpc) is 2.75. The fourth-order valence-corrected chi connectivity index (χ4v) is 4.26. The van der Waals surface area contributed by atoms with Gasteiger partial charge in [0.25, 0.3) is 0 Å². The maximum absolute atomic E-state index is 11.7. The van der Waals surface area contributed by atoms with E-state index in [0.717, 1.165) is 18.8 Å². The molecule has 0 rings (SSSR count). The van der Waals surface area contributed by atoms with Crippen LogP contribution < -0.4 is 0 Å². The first-order valence-electron chi connectivity index (χ1n) is 14.3. The van der Waals surface area contributed by atoms with Gasteiger partial charge in [0.1, 0.15) is 0 Å². The molecule has 0 unspecified atom stereocenters. The van der Waals surface area contributed by atoms with Crippen LogP contribution in [0.5, 0.6) is 0 Å². The molecule has 0 bridgehead atoms. The SMILES string of the molecule is CCCCCCCCCCCCCCCCCCCCCC(=O)OCCCCC(C)C. The number of rotatable bonds is 25. The van der Waals surface area contributed by atoms with Crippen molar-refractivity contribution in [3.05, 3.63) is 0 Å². The summed E-state index contributed by atoms with van der Waals surface area (Å²) in [4.78, 5) is 11.7. The van der Waals surface area contributed by atoms with Crippen molar-refractivity contribution in [2.75, 3.05) is 6.61 Å². The lowest BCUT2D eigenvalue weighted by atomic mass is 10.0. The van der Waals surface area contributed by atoms with Crippen LogP contribution in [0.3, 0.4) is 0 Å². The fraction of sp³-hybridized carbons (Fsp3) is 0.966. The standard InChI is InChI=1S/C29H58O2/c1-4-5-6-7-8-9-10-11-12-13-14-15-16-17-18-19-20-21-22-26-29(30)31-27-24-23-25-28(2)3/h28H,4-27H2,1-3H3. The van der Waals surface area contributed by atoms with E-state index in [9.17, 15) is 4.79 Å². The van der Waals surface area contributed by atoms with Gasteiger partial charge in [-0.15, -0.1) is 0 Å². The molecule has 0 aliphatic rings. The molecule has 2 nitrogen and oxygen atoms in total. The quantitative estimate of drug-likeness (QED) is 0.105. The van der Waals surface area contributed by atoms with Crippen LogP contribution in [0, 0.1) is 5.92 Å². The van der Waals surface area contributed by atoms with Crippen molar-refractivity contribution in [3.63, 3.8) is 0 Å². The van der Waals surface area contributed by atoms with Crippen molar-refractivity contribution in [1.29, 1.82) is 0 Å². The molecule has 0 saturated heterocycles. The van der Waals surface area contributed by atoms with E-state index in [0.29, 0.717) is 13.0 Å². The number of hydrogen-bond donors (Lipinski definition) is 0.